The van der Waals surface area contributed by atoms with Gasteiger partial charge < -0.3 is 9.15 Å². The minimum absolute atomic E-state index is 0.211. The summed E-state index contributed by atoms with van der Waals surface area (Å²) in [5.41, 5.74) is 3.00. The summed E-state index contributed by atoms with van der Waals surface area (Å²) in [7, 11) is -0.696. The van der Waals surface area contributed by atoms with Crippen LogP contribution in [0.4, 0.5) is 0 Å². The third kappa shape index (κ3) is 5.87. The number of sulfone groups is 1. The third-order valence-electron chi connectivity index (χ3n) is 5.52. The molecule has 35 heavy (non-hydrogen) atoms. The van der Waals surface area contributed by atoms with Crippen LogP contribution < -0.4 is 5.30 Å². The van der Waals surface area contributed by atoms with Crippen molar-refractivity contribution in [1.29, 1.82) is 0 Å². The standard InChI is InChI=1S/C27H26NO5PS/c1-3-32-27(29)23(17-18-7-5-4-6-8-18)26-28-24(19-9-13-21(34)14-10-19)25(33-26)20-11-15-22(16-12-20)35(2,30)31/h4-16,23H,3,17,34H2,1-2H3. The summed E-state index contributed by atoms with van der Waals surface area (Å²) < 4.78 is 35.4. The maximum Gasteiger partial charge on any atom is 0.318 e. The van der Waals surface area contributed by atoms with Crippen molar-refractivity contribution < 1.29 is 22.4 Å². The van der Waals surface area contributed by atoms with Crippen LogP contribution in [0.25, 0.3) is 22.6 Å². The van der Waals surface area contributed by atoms with Gasteiger partial charge in [-0.15, -0.1) is 9.24 Å². The van der Waals surface area contributed by atoms with E-state index in [1.54, 1.807) is 19.1 Å². The first-order valence-electron chi connectivity index (χ1n) is 11.1. The number of rotatable bonds is 8. The molecule has 0 bridgehead atoms. The van der Waals surface area contributed by atoms with Crippen molar-refractivity contribution in [2.24, 2.45) is 0 Å². The lowest BCUT2D eigenvalue weighted by atomic mass is 9.99. The number of nitrogens with zero attached hydrogens (tertiary/aromatic N) is 1. The minimum Gasteiger partial charge on any atom is -0.465 e. The predicted molar refractivity (Wildman–Crippen MR) is 139 cm³/mol. The van der Waals surface area contributed by atoms with Gasteiger partial charge in [-0.05, 0) is 48.5 Å². The number of benzene rings is 3. The second-order valence-electron chi connectivity index (χ2n) is 8.14. The predicted octanol–water partition coefficient (Wildman–Crippen LogP) is 4.80. The SMILES string of the molecule is CCOC(=O)C(Cc1ccccc1)c1nc(-c2ccc(P)cc2)c(-c2ccc(S(C)(=O)=O)cc2)o1. The Morgan fingerprint density at radius 2 is 1.60 bits per heavy atom. The van der Waals surface area contributed by atoms with Crippen molar-refractivity contribution in [2.45, 2.75) is 24.2 Å². The molecule has 4 rings (SSSR count). The molecule has 0 aliphatic heterocycles. The number of hydrogen-bond acceptors (Lipinski definition) is 6. The Labute approximate surface area is 207 Å². The molecule has 0 aliphatic carbocycles. The zero-order valence-corrected chi connectivity index (χ0v) is 21.4. The molecule has 6 nitrogen and oxygen atoms in total. The van der Waals surface area contributed by atoms with Gasteiger partial charge in [0.05, 0.1) is 11.5 Å². The van der Waals surface area contributed by atoms with Gasteiger partial charge >= 0.3 is 5.97 Å². The van der Waals surface area contributed by atoms with Crippen LogP contribution in [-0.4, -0.2) is 32.2 Å². The molecule has 0 saturated carbocycles. The van der Waals surface area contributed by atoms with Crippen LogP contribution in [-0.2, 0) is 25.8 Å². The summed E-state index contributed by atoms with van der Waals surface area (Å²) in [5, 5.41) is 1.02. The first-order valence-corrected chi connectivity index (χ1v) is 13.6. The van der Waals surface area contributed by atoms with Crippen molar-refractivity contribution in [3.05, 3.63) is 90.3 Å². The summed E-state index contributed by atoms with van der Waals surface area (Å²) in [5.74, 6) is -0.442. The van der Waals surface area contributed by atoms with Crippen molar-refractivity contribution in [1.82, 2.24) is 4.98 Å². The smallest absolute Gasteiger partial charge is 0.318 e. The van der Waals surface area contributed by atoms with E-state index >= 15 is 0 Å². The lowest BCUT2D eigenvalue weighted by Crippen LogP contribution is -2.18. The van der Waals surface area contributed by atoms with Crippen LogP contribution in [0.15, 0.2) is 88.2 Å². The molecule has 0 spiro atoms. The van der Waals surface area contributed by atoms with E-state index in [1.807, 2.05) is 54.6 Å². The van der Waals surface area contributed by atoms with E-state index in [0.717, 1.165) is 22.7 Å². The number of esters is 1. The Bertz CT molecular complexity index is 1410. The average Bonchev–Trinajstić information content (AvgIpc) is 3.28. The molecule has 4 aromatic rings. The highest BCUT2D eigenvalue weighted by molar-refractivity contribution is 7.90. The topological polar surface area (TPSA) is 86.5 Å². The van der Waals surface area contributed by atoms with Crippen LogP contribution >= 0.6 is 9.24 Å². The van der Waals surface area contributed by atoms with Gasteiger partial charge in [0.25, 0.3) is 0 Å². The molecule has 1 aromatic heterocycles. The average molecular weight is 508 g/mol. The Kier molecular flexibility index (Phi) is 7.48. The molecule has 2 unspecified atom stereocenters. The van der Waals surface area contributed by atoms with E-state index in [2.05, 4.69) is 9.24 Å². The van der Waals surface area contributed by atoms with Gasteiger partial charge in [0.2, 0.25) is 5.89 Å². The quantitative estimate of drug-likeness (QED) is 0.252. The van der Waals surface area contributed by atoms with E-state index in [0.29, 0.717) is 23.4 Å². The van der Waals surface area contributed by atoms with E-state index in [4.69, 9.17) is 14.1 Å². The zero-order chi connectivity index (χ0) is 25.0. The summed E-state index contributed by atoms with van der Waals surface area (Å²) in [6, 6.07) is 23.8. The normalized spacial score (nSPS) is 12.3. The van der Waals surface area contributed by atoms with Crippen LogP contribution in [0.3, 0.4) is 0 Å². The minimum atomic E-state index is -3.34. The first kappa shape index (κ1) is 24.8. The molecule has 0 aliphatic rings. The second-order valence-corrected chi connectivity index (χ2v) is 10.8. The number of ether oxygens (including phenoxy) is 1. The third-order valence-corrected chi connectivity index (χ3v) is 7.04. The first-order chi connectivity index (χ1) is 16.8. The molecule has 3 aromatic carbocycles. The highest BCUT2D eigenvalue weighted by Crippen LogP contribution is 2.36. The number of carbonyl (C=O) groups excluding carboxylic acids is 1. The van der Waals surface area contributed by atoms with Crippen molar-refractivity contribution in [3.8, 4) is 22.6 Å². The van der Waals surface area contributed by atoms with Crippen molar-refractivity contribution >= 4 is 30.4 Å². The van der Waals surface area contributed by atoms with Crippen molar-refractivity contribution in [2.75, 3.05) is 12.9 Å². The van der Waals surface area contributed by atoms with Gasteiger partial charge in [0.15, 0.2) is 15.6 Å². The molecule has 0 saturated heterocycles. The maximum atomic E-state index is 12.9. The molecular formula is C27H26NO5PS. The fraction of sp³-hybridized carbons (Fsp3) is 0.185. The lowest BCUT2D eigenvalue weighted by molar-refractivity contribution is -0.145. The molecular weight excluding hydrogens is 481 g/mol. The van der Waals surface area contributed by atoms with Crippen molar-refractivity contribution in [3.63, 3.8) is 0 Å². The molecule has 0 N–H and O–H groups in total. The zero-order valence-electron chi connectivity index (χ0n) is 19.5. The highest BCUT2D eigenvalue weighted by Gasteiger charge is 2.30. The molecule has 1 heterocycles. The van der Waals surface area contributed by atoms with E-state index < -0.39 is 21.7 Å². The van der Waals surface area contributed by atoms with Gasteiger partial charge in [-0.2, -0.15) is 0 Å². The van der Waals surface area contributed by atoms with Gasteiger partial charge in [-0.25, -0.2) is 13.4 Å². The van der Waals surface area contributed by atoms with Gasteiger partial charge in [0, 0.05) is 17.4 Å². The Balaban J connectivity index is 1.83. The molecule has 0 radical (unpaired) electrons. The molecule has 8 heteroatoms. The number of aromatic nitrogens is 1. The van der Waals surface area contributed by atoms with Crippen LogP contribution in [0.2, 0.25) is 0 Å². The number of oxazole rings is 1. The number of carbonyl (C=O) groups is 1. The molecule has 2 atom stereocenters. The van der Waals surface area contributed by atoms with E-state index in [-0.39, 0.29) is 17.4 Å². The monoisotopic (exact) mass is 507 g/mol. The Morgan fingerprint density at radius 3 is 2.20 bits per heavy atom. The molecule has 180 valence electrons. The Hall–Kier alpha value is -3.28. The van der Waals surface area contributed by atoms with E-state index in [9.17, 15) is 13.2 Å². The van der Waals surface area contributed by atoms with Crippen LogP contribution in [0, 0.1) is 0 Å². The summed E-state index contributed by atoms with van der Waals surface area (Å²) in [6.45, 7) is 2.00. The fourth-order valence-corrected chi connectivity index (χ4v) is 4.56. The fourth-order valence-electron chi connectivity index (χ4n) is 3.74. The van der Waals surface area contributed by atoms with Gasteiger partial charge in [-0.1, -0.05) is 54.6 Å². The maximum absolute atomic E-state index is 12.9. The van der Waals surface area contributed by atoms with Crippen LogP contribution in [0.5, 0.6) is 0 Å². The molecule has 0 amide bonds. The molecule has 0 fully saturated rings. The highest BCUT2D eigenvalue weighted by atomic mass is 32.2. The summed E-state index contributed by atoms with van der Waals surface area (Å²) in [6.07, 6.45) is 1.54. The summed E-state index contributed by atoms with van der Waals surface area (Å²) >= 11 is 0. The second kappa shape index (κ2) is 10.5. The van der Waals surface area contributed by atoms with Gasteiger partial charge in [-0.3, -0.25) is 4.79 Å². The van der Waals surface area contributed by atoms with Gasteiger partial charge in [0.1, 0.15) is 11.6 Å². The summed E-state index contributed by atoms with van der Waals surface area (Å²) in [4.78, 5) is 17.9. The Morgan fingerprint density at radius 1 is 0.971 bits per heavy atom. The largest absolute Gasteiger partial charge is 0.465 e. The van der Waals surface area contributed by atoms with Crippen LogP contribution in [0.1, 0.15) is 24.3 Å². The number of hydrogen-bond donors (Lipinski definition) is 0. The lowest BCUT2D eigenvalue weighted by Gasteiger charge is -2.12. The van der Waals surface area contributed by atoms with E-state index in [1.165, 1.54) is 12.1 Å².